The Morgan fingerprint density at radius 3 is 2.52 bits per heavy atom. The number of benzene rings is 1. The van der Waals surface area contributed by atoms with Gasteiger partial charge in [-0.1, -0.05) is 34.1 Å². The number of carbonyl (C=O) groups is 1. The Morgan fingerprint density at radius 2 is 1.84 bits per heavy atom. The minimum Gasteiger partial charge on any atom is -0.486 e. The van der Waals surface area contributed by atoms with Gasteiger partial charge < -0.3 is 14.2 Å². The van der Waals surface area contributed by atoms with Gasteiger partial charge in [0, 0.05) is 24.7 Å². The molecule has 0 amide bonds. The molecular formula is C21H32O4. The lowest BCUT2D eigenvalue weighted by atomic mass is 9.74. The van der Waals surface area contributed by atoms with Gasteiger partial charge in [0.2, 0.25) is 0 Å². The fourth-order valence-corrected chi connectivity index (χ4v) is 3.15. The molecule has 1 aromatic carbocycles. The summed E-state index contributed by atoms with van der Waals surface area (Å²) < 4.78 is 16.7. The van der Waals surface area contributed by atoms with Crippen molar-refractivity contribution in [1.29, 1.82) is 0 Å². The molecule has 0 aromatic heterocycles. The molecule has 1 aliphatic rings. The first kappa shape index (κ1) is 19.8. The van der Waals surface area contributed by atoms with Gasteiger partial charge in [-0.15, -0.1) is 0 Å². The Bertz CT molecular complexity index is 560. The van der Waals surface area contributed by atoms with Gasteiger partial charge in [-0.2, -0.15) is 0 Å². The zero-order valence-electron chi connectivity index (χ0n) is 16.1. The fraction of sp³-hybridized carbons (Fsp3) is 0.667. The number of ether oxygens (including phenoxy) is 3. The van der Waals surface area contributed by atoms with Gasteiger partial charge in [0.1, 0.15) is 13.2 Å². The van der Waals surface area contributed by atoms with Crippen LogP contribution in [0.15, 0.2) is 18.2 Å². The molecule has 0 saturated heterocycles. The Labute approximate surface area is 151 Å². The van der Waals surface area contributed by atoms with Crippen molar-refractivity contribution >= 4 is 5.78 Å². The van der Waals surface area contributed by atoms with E-state index in [1.54, 1.807) is 0 Å². The van der Waals surface area contributed by atoms with Crippen LogP contribution in [0.3, 0.4) is 0 Å². The second-order valence-electron chi connectivity index (χ2n) is 7.75. The number of fused-ring (bicyclic) bond motifs is 1. The first-order valence-electron chi connectivity index (χ1n) is 9.45. The predicted molar refractivity (Wildman–Crippen MR) is 99.7 cm³/mol. The number of unbranched alkanes of at least 4 members (excludes halogenated alkanes) is 1. The van der Waals surface area contributed by atoms with E-state index in [2.05, 4.69) is 27.7 Å². The second kappa shape index (κ2) is 9.23. The molecule has 1 heterocycles. The molecule has 0 radical (unpaired) electrons. The SMILES string of the molecule is CCCOCCCCC(C(=O)c1ccc2c(c1)OCCO2)C(C)(C)C. The summed E-state index contributed by atoms with van der Waals surface area (Å²) in [5.41, 5.74) is 0.639. The van der Waals surface area contributed by atoms with Gasteiger partial charge in [0.05, 0.1) is 0 Å². The second-order valence-corrected chi connectivity index (χ2v) is 7.75. The van der Waals surface area contributed by atoms with Crippen molar-refractivity contribution in [3.8, 4) is 11.5 Å². The van der Waals surface area contributed by atoms with Gasteiger partial charge >= 0.3 is 0 Å². The third kappa shape index (κ3) is 5.74. The fourth-order valence-electron chi connectivity index (χ4n) is 3.15. The molecule has 140 valence electrons. The molecule has 0 bridgehead atoms. The van der Waals surface area contributed by atoms with Crippen LogP contribution in [0, 0.1) is 11.3 Å². The summed E-state index contributed by atoms with van der Waals surface area (Å²) in [4.78, 5) is 13.1. The lowest BCUT2D eigenvalue weighted by Crippen LogP contribution is -2.29. The minimum absolute atomic E-state index is 0.0127. The highest BCUT2D eigenvalue weighted by Crippen LogP contribution is 2.36. The standard InChI is InChI=1S/C21H32O4/c1-5-11-23-12-7-6-8-17(21(2,3)4)20(22)16-9-10-18-19(15-16)25-14-13-24-18/h9-10,15,17H,5-8,11-14H2,1-4H3. The molecule has 0 N–H and O–H groups in total. The van der Waals surface area contributed by atoms with Crippen LogP contribution in [0.2, 0.25) is 0 Å². The van der Waals surface area contributed by atoms with Crippen LogP contribution in [0.1, 0.15) is 63.7 Å². The van der Waals surface area contributed by atoms with Crippen molar-refractivity contribution in [1.82, 2.24) is 0 Å². The molecule has 25 heavy (non-hydrogen) atoms. The molecule has 1 aliphatic heterocycles. The number of hydrogen-bond donors (Lipinski definition) is 0. The molecule has 1 unspecified atom stereocenters. The number of hydrogen-bond acceptors (Lipinski definition) is 4. The minimum atomic E-state index is -0.0748. The van der Waals surface area contributed by atoms with Crippen molar-refractivity contribution in [2.45, 2.75) is 53.4 Å². The van der Waals surface area contributed by atoms with E-state index in [1.807, 2.05) is 18.2 Å². The summed E-state index contributed by atoms with van der Waals surface area (Å²) in [6.45, 7) is 11.2. The average molecular weight is 348 g/mol. The van der Waals surface area contributed by atoms with E-state index >= 15 is 0 Å². The van der Waals surface area contributed by atoms with Gasteiger partial charge in [-0.25, -0.2) is 0 Å². The normalized spacial score (nSPS) is 15.0. The lowest BCUT2D eigenvalue weighted by molar-refractivity contribution is 0.0787. The molecule has 0 aliphatic carbocycles. The number of rotatable bonds is 9. The monoisotopic (exact) mass is 348 g/mol. The van der Waals surface area contributed by atoms with Crippen molar-refractivity contribution in [3.63, 3.8) is 0 Å². The molecule has 2 rings (SSSR count). The van der Waals surface area contributed by atoms with E-state index in [0.29, 0.717) is 24.5 Å². The summed E-state index contributed by atoms with van der Waals surface area (Å²) in [6.07, 6.45) is 3.93. The molecule has 0 spiro atoms. The third-order valence-corrected chi connectivity index (χ3v) is 4.57. The molecule has 4 heteroatoms. The number of carbonyl (C=O) groups excluding carboxylic acids is 1. The van der Waals surface area contributed by atoms with Crippen molar-refractivity contribution in [3.05, 3.63) is 23.8 Å². The maximum atomic E-state index is 13.1. The summed E-state index contributed by atoms with van der Waals surface area (Å²) in [5, 5.41) is 0. The molecule has 1 atom stereocenters. The Kier molecular flexibility index (Phi) is 7.30. The van der Waals surface area contributed by atoms with Gasteiger partial charge in [-0.05, 0) is 42.9 Å². The molecule has 0 saturated carbocycles. The van der Waals surface area contributed by atoms with E-state index in [9.17, 15) is 4.79 Å². The van der Waals surface area contributed by atoms with Crippen LogP contribution in [0.4, 0.5) is 0 Å². The van der Waals surface area contributed by atoms with Crippen molar-refractivity contribution in [2.24, 2.45) is 11.3 Å². The smallest absolute Gasteiger partial charge is 0.166 e. The summed E-state index contributed by atoms with van der Waals surface area (Å²) in [7, 11) is 0. The zero-order chi connectivity index (χ0) is 18.3. The van der Waals surface area contributed by atoms with E-state index in [4.69, 9.17) is 14.2 Å². The van der Waals surface area contributed by atoms with Crippen molar-refractivity contribution < 1.29 is 19.0 Å². The Balaban J connectivity index is 2.00. The number of ketones is 1. The molecular weight excluding hydrogens is 316 g/mol. The quantitative estimate of drug-likeness (QED) is 0.470. The highest BCUT2D eigenvalue weighted by Gasteiger charge is 2.32. The zero-order valence-corrected chi connectivity index (χ0v) is 16.1. The highest BCUT2D eigenvalue weighted by molar-refractivity contribution is 5.98. The lowest BCUT2D eigenvalue weighted by Gasteiger charge is -2.30. The summed E-state index contributed by atoms with van der Waals surface area (Å²) >= 11 is 0. The van der Waals surface area contributed by atoms with Gasteiger partial charge in [0.15, 0.2) is 17.3 Å². The number of Topliss-reactive ketones (excluding diaryl/α,β-unsaturated/α-hetero) is 1. The van der Waals surface area contributed by atoms with Crippen LogP contribution in [0.5, 0.6) is 11.5 Å². The van der Waals surface area contributed by atoms with E-state index in [-0.39, 0.29) is 17.1 Å². The Hall–Kier alpha value is -1.55. The van der Waals surface area contributed by atoms with Crippen LogP contribution in [-0.2, 0) is 4.74 Å². The first-order chi connectivity index (χ1) is 11.9. The van der Waals surface area contributed by atoms with Crippen LogP contribution < -0.4 is 9.47 Å². The largest absolute Gasteiger partial charge is 0.486 e. The maximum absolute atomic E-state index is 13.1. The average Bonchev–Trinajstić information content (AvgIpc) is 2.59. The molecule has 0 fully saturated rings. The third-order valence-electron chi connectivity index (χ3n) is 4.57. The van der Waals surface area contributed by atoms with Crippen LogP contribution >= 0.6 is 0 Å². The maximum Gasteiger partial charge on any atom is 0.166 e. The summed E-state index contributed by atoms with van der Waals surface area (Å²) in [5.74, 6) is 1.58. The molecule has 4 nitrogen and oxygen atoms in total. The van der Waals surface area contributed by atoms with Crippen LogP contribution in [0.25, 0.3) is 0 Å². The van der Waals surface area contributed by atoms with E-state index < -0.39 is 0 Å². The summed E-state index contributed by atoms with van der Waals surface area (Å²) in [6, 6.07) is 5.54. The predicted octanol–water partition coefficient (Wildman–Crippen LogP) is 4.90. The first-order valence-corrected chi connectivity index (χ1v) is 9.45. The topological polar surface area (TPSA) is 44.8 Å². The van der Waals surface area contributed by atoms with E-state index in [0.717, 1.165) is 44.6 Å². The van der Waals surface area contributed by atoms with E-state index in [1.165, 1.54) is 0 Å². The highest BCUT2D eigenvalue weighted by atomic mass is 16.6. The van der Waals surface area contributed by atoms with Crippen LogP contribution in [-0.4, -0.2) is 32.2 Å². The molecule has 1 aromatic rings. The van der Waals surface area contributed by atoms with Gasteiger partial charge in [0.25, 0.3) is 0 Å². The Morgan fingerprint density at radius 1 is 1.12 bits per heavy atom. The van der Waals surface area contributed by atoms with Gasteiger partial charge in [-0.3, -0.25) is 4.79 Å². The van der Waals surface area contributed by atoms with Crippen molar-refractivity contribution in [2.75, 3.05) is 26.4 Å².